The molecule has 0 amide bonds. The van der Waals surface area contributed by atoms with Gasteiger partial charge in [-0.15, -0.1) is 22.1 Å². The van der Waals surface area contributed by atoms with Gasteiger partial charge < -0.3 is 9.97 Å². The second-order valence-corrected chi connectivity index (χ2v) is 12.2. The van der Waals surface area contributed by atoms with E-state index in [1.165, 1.54) is 24.0 Å². The number of hydrogen-bond donors (Lipinski definition) is 0. The third kappa shape index (κ3) is 6.89. The SMILES string of the molecule is CCCCCc1c2nc(c(-c3ccccc3)c3ccc([n-]3)c(CCCCC)c3nc(c(-c4ccccc4)c4ccc1[n-]4)C=C3)C=C2.[Pd+2]. The molecule has 8 bridgehead atoms. The molecule has 5 heteroatoms. The van der Waals surface area contributed by atoms with Crippen LogP contribution in [0.2, 0.25) is 0 Å². The van der Waals surface area contributed by atoms with E-state index in [9.17, 15) is 0 Å². The van der Waals surface area contributed by atoms with Gasteiger partial charge in [0.05, 0.1) is 22.8 Å². The molecule has 2 aromatic carbocycles. The molecule has 4 nitrogen and oxygen atoms in total. The molecule has 0 spiro atoms. The summed E-state index contributed by atoms with van der Waals surface area (Å²) in [4.78, 5) is 21.3. The Morgan fingerprint density at radius 3 is 1.23 bits per heavy atom. The van der Waals surface area contributed by atoms with E-state index >= 15 is 0 Å². The topological polar surface area (TPSA) is 54.0 Å². The van der Waals surface area contributed by atoms with Crippen LogP contribution in [0.1, 0.15) is 86.3 Å². The molecule has 2 aliphatic heterocycles. The van der Waals surface area contributed by atoms with Gasteiger partial charge in [-0.2, -0.15) is 0 Å². The third-order valence-corrected chi connectivity index (χ3v) is 9.01. The maximum Gasteiger partial charge on any atom is 2.00 e. The van der Waals surface area contributed by atoms with Gasteiger partial charge in [-0.1, -0.05) is 124 Å². The van der Waals surface area contributed by atoms with Crippen molar-refractivity contribution in [2.45, 2.75) is 65.2 Å². The minimum absolute atomic E-state index is 0. The number of nitrogens with zero attached hydrogens (tertiary/aromatic N) is 4. The van der Waals surface area contributed by atoms with E-state index in [4.69, 9.17) is 19.9 Å². The molecular formula is C42H40N4Pd. The van der Waals surface area contributed by atoms with Crippen molar-refractivity contribution in [2.24, 2.45) is 0 Å². The van der Waals surface area contributed by atoms with Gasteiger partial charge >= 0.3 is 20.4 Å². The zero-order valence-electron chi connectivity index (χ0n) is 27.2. The Labute approximate surface area is 291 Å². The zero-order valence-corrected chi connectivity index (χ0v) is 28.7. The van der Waals surface area contributed by atoms with Crippen LogP contribution in [0.4, 0.5) is 0 Å². The molecule has 5 heterocycles. The van der Waals surface area contributed by atoms with Crippen LogP contribution in [0.5, 0.6) is 0 Å². The van der Waals surface area contributed by atoms with Crippen LogP contribution in [-0.2, 0) is 33.3 Å². The molecule has 7 rings (SSSR count). The predicted molar refractivity (Wildman–Crippen MR) is 194 cm³/mol. The zero-order chi connectivity index (χ0) is 31.3. The van der Waals surface area contributed by atoms with Gasteiger partial charge in [0.2, 0.25) is 0 Å². The maximum absolute atomic E-state index is 5.31. The van der Waals surface area contributed by atoms with Crippen molar-refractivity contribution in [1.29, 1.82) is 0 Å². The molecule has 2 aliphatic rings. The summed E-state index contributed by atoms with van der Waals surface area (Å²) in [5.41, 5.74) is 14.4. The number of hydrogen-bond acceptors (Lipinski definition) is 2. The van der Waals surface area contributed by atoms with Crippen molar-refractivity contribution in [3.8, 4) is 22.3 Å². The summed E-state index contributed by atoms with van der Waals surface area (Å²) in [6, 6.07) is 29.8. The summed E-state index contributed by atoms with van der Waals surface area (Å²) < 4.78 is 0. The molecule has 3 aromatic heterocycles. The second kappa shape index (κ2) is 15.1. The van der Waals surface area contributed by atoms with E-state index in [0.29, 0.717) is 0 Å². The molecule has 47 heavy (non-hydrogen) atoms. The monoisotopic (exact) mass is 706 g/mol. The van der Waals surface area contributed by atoms with Crippen molar-refractivity contribution in [3.63, 3.8) is 0 Å². The van der Waals surface area contributed by atoms with Crippen LogP contribution >= 0.6 is 0 Å². The molecular weight excluding hydrogens is 667 g/mol. The molecule has 238 valence electrons. The minimum Gasteiger partial charge on any atom is -0.657 e. The molecule has 5 aromatic rings. The van der Waals surface area contributed by atoms with Crippen LogP contribution in [0.25, 0.3) is 68.6 Å². The largest absolute Gasteiger partial charge is 2.00 e. The number of unbranched alkanes of at least 4 members (excludes halogenated alkanes) is 4. The Morgan fingerprint density at radius 2 is 0.830 bits per heavy atom. The number of aromatic nitrogens is 4. The van der Waals surface area contributed by atoms with E-state index in [2.05, 4.69) is 123 Å². The summed E-state index contributed by atoms with van der Waals surface area (Å²) >= 11 is 0. The molecule has 0 N–H and O–H groups in total. The van der Waals surface area contributed by atoms with E-state index in [1.807, 2.05) is 0 Å². The first-order valence-electron chi connectivity index (χ1n) is 16.9. The van der Waals surface area contributed by atoms with Crippen molar-refractivity contribution in [1.82, 2.24) is 19.9 Å². The van der Waals surface area contributed by atoms with E-state index < -0.39 is 0 Å². The average molecular weight is 707 g/mol. The van der Waals surface area contributed by atoms with Gasteiger partial charge in [0.1, 0.15) is 0 Å². The molecule has 0 unspecified atom stereocenters. The van der Waals surface area contributed by atoms with E-state index in [0.717, 1.165) is 106 Å². The Morgan fingerprint density at radius 1 is 0.447 bits per heavy atom. The first-order chi connectivity index (χ1) is 22.7. The Bertz CT molecular complexity index is 1920. The Kier molecular flexibility index (Phi) is 10.5. The number of fused-ring (bicyclic) bond motifs is 8. The Balaban J connectivity index is 0.00000386. The Hall–Kier alpha value is -4.30. The summed E-state index contributed by atoms with van der Waals surface area (Å²) in [6.45, 7) is 4.50. The fourth-order valence-corrected chi connectivity index (χ4v) is 6.62. The predicted octanol–water partition coefficient (Wildman–Crippen LogP) is 10.7. The summed E-state index contributed by atoms with van der Waals surface area (Å²) in [5.74, 6) is 0. The van der Waals surface area contributed by atoms with Crippen molar-refractivity contribution >= 4 is 46.4 Å². The van der Waals surface area contributed by atoms with Crippen molar-refractivity contribution in [2.75, 3.05) is 0 Å². The van der Waals surface area contributed by atoms with Crippen LogP contribution in [0.3, 0.4) is 0 Å². The molecule has 0 saturated carbocycles. The second-order valence-electron chi connectivity index (χ2n) is 12.2. The van der Waals surface area contributed by atoms with Crippen molar-refractivity contribution in [3.05, 3.63) is 119 Å². The first-order valence-corrected chi connectivity index (χ1v) is 16.9. The minimum atomic E-state index is 0. The molecule has 0 aliphatic carbocycles. The molecule has 0 radical (unpaired) electrons. The van der Waals surface area contributed by atoms with Gasteiger partial charge in [-0.05, 0) is 83.4 Å². The van der Waals surface area contributed by atoms with Crippen LogP contribution in [0, 0.1) is 0 Å². The first kappa shape index (κ1) is 32.6. The van der Waals surface area contributed by atoms with Crippen molar-refractivity contribution < 1.29 is 20.4 Å². The summed E-state index contributed by atoms with van der Waals surface area (Å²) in [7, 11) is 0. The smallest absolute Gasteiger partial charge is 0.657 e. The van der Waals surface area contributed by atoms with Gasteiger partial charge in [-0.25, -0.2) is 9.97 Å². The standard InChI is InChI=1S/C42H40N4.Pd/c1-3-5-9-19-31-33-21-25-37(43-33)41(29-15-11-7-12-16-29)39-27-23-35(45-39)32(20-10-6-4-2)36-24-28-40(46-36)42(30-17-13-8-14-18-30)38-26-22-34(31)44-38;/h7-8,11-18,21-28H,3-6,9-10,19-20H2,1-2H3;/q-2;+2. The third-order valence-electron chi connectivity index (χ3n) is 9.01. The molecule has 0 atom stereocenters. The van der Waals surface area contributed by atoms with E-state index in [1.54, 1.807) is 0 Å². The van der Waals surface area contributed by atoms with Gasteiger partial charge in [-0.3, -0.25) is 0 Å². The summed E-state index contributed by atoms with van der Waals surface area (Å²) in [5, 5.41) is 0. The normalized spacial score (nSPS) is 12.0. The van der Waals surface area contributed by atoms with Gasteiger partial charge in [0.25, 0.3) is 0 Å². The maximum atomic E-state index is 5.31. The van der Waals surface area contributed by atoms with Crippen LogP contribution < -0.4 is 9.97 Å². The van der Waals surface area contributed by atoms with Crippen LogP contribution in [0.15, 0.2) is 84.9 Å². The fourth-order valence-electron chi connectivity index (χ4n) is 6.62. The van der Waals surface area contributed by atoms with Gasteiger partial charge in [0, 0.05) is 0 Å². The van der Waals surface area contributed by atoms with E-state index in [-0.39, 0.29) is 20.4 Å². The summed E-state index contributed by atoms with van der Waals surface area (Å²) in [6.07, 6.45) is 17.4. The van der Waals surface area contributed by atoms with Gasteiger partial charge in [0.15, 0.2) is 0 Å². The average Bonchev–Trinajstić information content (AvgIpc) is 3.92. The molecule has 0 saturated heterocycles. The fraction of sp³-hybridized carbons (Fsp3) is 0.238. The van der Waals surface area contributed by atoms with Crippen LogP contribution in [-0.4, -0.2) is 9.97 Å². The number of benzene rings is 2. The number of aryl methyl sites for hydroxylation is 2. The molecule has 0 fully saturated rings. The number of rotatable bonds is 10. The quantitative estimate of drug-likeness (QED) is 0.105.